The number of benzene rings is 1. The van der Waals surface area contributed by atoms with Gasteiger partial charge >= 0.3 is 0 Å². The maximum atomic E-state index is 12.1. The summed E-state index contributed by atoms with van der Waals surface area (Å²) in [5.41, 5.74) is 1.13. The van der Waals surface area contributed by atoms with Crippen molar-refractivity contribution in [3.8, 4) is 0 Å². The Morgan fingerprint density at radius 1 is 1.26 bits per heavy atom. The fraction of sp³-hybridized carbons (Fsp3) is 0.375. The molecule has 2 heterocycles. The number of aromatic nitrogens is 2. The van der Waals surface area contributed by atoms with E-state index in [-0.39, 0.29) is 40.2 Å². The Kier molecular flexibility index (Phi) is 5.80. The zero-order chi connectivity index (χ0) is 19.4. The van der Waals surface area contributed by atoms with Crippen molar-refractivity contribution in [2.75, 3.05) is 27.9 Å². The number of hydrogen-bond acceptors (Lipinski definition) is 8. The Labute approximate surface area is 160 Å². The van der Waals surface area contributed by atoms with Crippen LogP contribution in [0.2, 0.25) is 0 Å². The number of amides is 2. The lowest BCUT2D eigenvalue weighted by atomic mass is 10.1. The van der Waals surface area contributed by atoms with Gasteiger partial charge in [0.1, 0.15) is 0 Å². The van der Waals surface area contributed by atoms with Crippen LogP contribution in [-0.2, 0) is 19.4 Å². The number of carbonyl (C=O) groups excluding carboxylic acids is 2. The normalized spacial score (nSPS) is 18.2. The predicted octanol–water partition coefficient (Wildman–Crippen LogP) is 1.66. The highest BCUT2D eigenvalue weighted by Crippen LogP contribution is 2.29. The Morgan fingerprint density at radius 3 is 2.67 bits per heavy atom. The summed E-state index contributed by atoms with van der Waals surface area (Å²) in [4.78, 5) is 23.2. The average Bonchev–Trinajstić information content (AvgIpc) is 3.19. The largest absolute Gasteiger partial charge is 0.416 e. The van der Waals surface area contributed by atoms with E-state index in [1.54, 1.807) is 24.3 Å². The average molecular weight is 410 g/mol. The van der Waals surface area contributed by atoms with Crippen LogP contribution in [0.25, 0.3) is 0 Å². The Morgan fingerprint density at radius 2 is 2.00 bits per heavy atom. The topological polar surface area (TPSA) is 131 Å². The van der Waals surface area contributed by atoms with Gasteiger partial charge in [-0.25, -0.2) is 8.42 Å². The number of anilines is 2. The third-order valence-corrected chi connectivity index (χ3v) is 6.38. The molecular weight excluding hydrogens is 392 g/mol. The highest BCUT2D eigenvalue weighted by atomic mass is 32.2. The molecule has 1 aliphatic rings. The summed E-state index contributed by atoms with van der Waals surface area (Å²) < 4.78 is 28.5. The van der Waals surface area contributed by atoms with Crippen molar-refractivity contribution in [3.63, 3.8) is 0 Å². The molecule has 144 valence electrons. The van der Waals surface area contributed by atoms with Crippen LogP contribution < -0.4 is 10.6 Å². The Hall–Kier alpha value is -2.40. The van der Waals surface area contributed by atoms with E-state index in [1.165, 1.54) is 6.92 Å². The summed E-state index contributed by atoms with van der Waals surface area (Å²) in [6.45, 7) is 1.40. The zero-order valence-corrected chi connectivity index (χ0v) is 16.1. The molecule has 9 nitrogen and oxygen atoms in total. The summed E-state index contributed by atoms with van der Waals surface area (Å²) in [5, 5.41) is 13.3. The van der Waals surface area contributed by atoms with E-state index < -0.39 is 9.84 Å². The number of hydrogen-bond donors (Lipinski definition) is 2. The van der Waals surface area contributed by atoms with Crippen molar-refractivity contribution in [2.24, 2.45) is 0 Å². The highest BCUT2D eigenvalue weighted by molar-refractivity contribution is 7.99. The molecule has 2 N–H and O–H groups in total. The van der Waals surface area contributed by atoms with E-state index >= 15 is 0 Å². The van der Waals surface area contributed by atoms with E-state index in [1.807, 2.05) is 0 Å². The minimum absolute atomic E-state index is 0.0183. The second kappa shape index (κ2) is 8.09. The molecule has 3 rings (SSSR count). The van der Waals surface area contributed by atoms with Gasteiger partial charge < -0.3 is 15.1 Å². The van der Waals surface area contributed by atoms with Gasteiger partial charge in [-0.3, -0.25) is 9.59 Å². The van der Waals surface area contributed by atoms with Gasteiger partial charge in [-0.05, 0) is 24.6 Å². The number of thioether (sulfide) groups is 1. The van der Waals surface area contributed by atoms with Crippen LogP contribution in [0.15, 0.2) is 33.9 Å². The summed E-state index contributed by atoms with van der Waals surface area (Å²) in [6.07, 6.45) is 0.472. The third-order valence-electron chi connectivity index (χ3n) is 3.80. The standard InChI is InChI=1S/C16H18N4O5S2/c1-10(21)17-12-3-2-4-13(7-12)18-14(22)8-26-16-20-19-15(25-16)11-5-6-27(23,24)9-11/h2-4,7,11H,5-6,8-9H2,1H3,(H,17,21)(H,18,22)/t11-/m1/s1. The number of sulfone groups is 1. The van der Waals surface area contributed by atoms with Gasteiger partial charge in [0.15, 0.2) is 9.84 Å². The molecule has 0 unspecified atom stereocenters. The fourth-order valence-electron chi connectivity index (χ4n) is 2.64. The molecule has 1 aromatic carbocycles. The fourth-order valence-corrected chi connectivity index (χ4v) is 4.94. The molecule has 11 heteroatoms. The molecular formula is C16H18N4O5S2. The lowest BCUT2D eigenvalue weighted by molar-refractivity contribution is -0.114. The van der Waals surface area contributed by atoms with Gasteiger partial charge in [0.25, 0.3) is 5.22 Å². The second-order valence-corrected chi connectivity index (χ2v) is 9.26. The lowest BCUT2D eigenvalue weighted by Gasteiger charge is -2.07. The molecule has 1 aliphatic heterocycles. The molecule has 0 bridgehead atoms. The third kappa shape index (κ3) is 5.54. The second-order valence-electron chi connectivity index (χ2n) is 6.11. The van der Waals surface area contributed by atoms with Crippen molar-refractivity contribution < 1.29 is 22.4 Å². The zero-order valence-electron chi connectivity index (χ0n) is 14.5. The smallest absolute Gasteiger partial charge is 0.277 e. The van der Waals surface area contributed by atoms with Crippen molar-refractivity contribution in [2.45, 2.75) is 24.5 Å². The van der Waals surface area contributed by atoms with Crippen LogP contribution in [0.4, 0.5) is 11.4 Å². The molecule has 27 heavy (non-hydrogen) atoms. The van der Waals surface area contributed by atoms with Gasteiger partial charge in [0, 0.05) is 18.3 Å². The number of nitrogens with zero attached hydrogens (tertiary/aromatic N) is 2. The first-order valence-electron chi connectivity index (χ1n) is 8.15. The Balaban J connectivity index is 1.52. The predicted molar refractivity (Wildman–Crippen MR) is 100 cm³/mol. The highest BCUT2D eigenvalue weighted by Gasteiger charge is 2.32. The monoisotopic (exact) mass is 410 g/mol. The molecule has 2 amide bonds. The molecule has 1 fully saturated rings. The molecule has 1 atom stereocenters. The summed E-state index contributed by atoms with van der Waals surface area (Å²) in [7, 11) is -3.03. The van der Waals surface area contributed by atoms with Crippen LogP contribution in [0.1, 0.15) is 25.2 Å². The van der Waals surface area contributed by atoms with Crippen molar-refractivity contribution in [1.82, 2.24) is 10.2 Å². The van der Waals surface area contributed by atoms with E-state index in [4.69, 9.17) is 4.42 Å². The van der Waals surface area contributed by atoms with E-state index in [0.29, 0.717) is 23.7 Å². The first-order valence-corrected chi connectivity index (χ1v) is 11.0. The van der Waals surface area contributed by atoms with Crippen LogP contribution in [0, 0.1) is 0 Å². The molecule has 0 aliphatic carbocycles. The van der Waals surface area contributed by atoms with Crippen molar-refractivity contribution in [1.29, 1.82) is 0 Å². The molecule has 2 aromatic rings. The first-order chi connectivity index (χ1) is 12.8. The molecule has 1 saturated heterocycles. The van der Waals surface area contributed by atoms with Crippen LogP contribution in [-0.4, -0.2) is 47.7 Å². The maximum Gasteiger partial charge on any atom is 0.277 e. The van der Waals surface area contributed by atoms with E-state index in [2.05, 4.69) is 20.8 Å². The molecule has 1 aromatic heterocycles. The minimum Gasteiger partial charge on any atom is -0.416 e. The van der Waals surface area contributed by atoms with E-state index in [9.17, 15) is 18.0 Å². The minimum atomic E-state index is -3.03. The summed E-state index contributed by atoms with van der Waals surface area (Å²) in [5.74, 6) is -0.259. The van der Waals surface area contributed by atoms with Gasteiger partial charge in [0.2, 0.25) is 17.7 Å². The molecule has 0 radical (unpaired) electrons. The number of rotatable bonds is 6. The van der Waals surface area contributed by atoms with Crippen LogP contribution in [0.3, 0.4) is 0 Å². The number of carbonyl (C=O) groups is 2. The number of nitrogens with one attached hydrogen (secondary N) is 2. The van der Waals surface area contributed by atoms with Gasteiger partial charge in [-0.2, -0.15) is 0 Å². The van der Waals surface area contributed by atoms with Crippen molar-refractivity contribution in [3.05, 3.63) is 30.2 Å². The lowest BCUT2D eigenvalue weighted by Crippen LogP contribution is -2.14. The maximum absolute atomic E-state index is 12.1. The van der Waals surface area contributed by atoms with Crippen LogP contribution in [0.5, 0.6) is 0 Å². The first kappa shape index (κ1) is 19.4. The molecule has 0 spiro atoms. The van der Waals surface area contributed by atoms with E-state index in [0.717, 1.165) is 11.8 Å². The summed E-state index contributed by atoms with van der Waals surface area (Å²) >= 11 is 1.07. The quantitative estimate of drug-likeness (QED) is 0.688. The van der Waals surface area contributed by atoms with Gasteiger partial charge in [0.05, 0.1) is 23.2 Å². The van der Waals surface area contributed by atoms with Crippen LogP contribution >= 0.6 is 11.8 Å². The van der Waals surface area contributed by atoms with Crippen molar-refractivity contribution >= 4 is 44.8 Å². The van der Waals surface area contributed by atoms with Gasteiger partial charge in [-0.15, -0.1) is 10.2 Å². The molecule has 0 saturated carbocycles. The SMILES string of the molecule is CC(=O)Nc1cccc(NC(=O)CSc2nnc([C@@H]3CCS(=O)(=O)C3)o2)c1. The van der Waals surface area contributed by atoms with Gasteiger partial charge in [-0.1, -0.05) is 17.8 Å². The Bertz CT molecular complexity index is 957. The summed E-state index contributed by atoms with van der Waals surface area (Å²) in [6, 6.07) is 6.79.